The molecule has 118 valence electrons. The number of fused-ring (bicyclic) bond motifs is 2. The first-order chi connectivity index (χ1) is 10.8. The van der Waals surface area contributed by atoms with Crippen molar-refractivity contribution in [2.24, 2.45) is 17.8 Å². The summed E-state index contributed by atoms with van der Waals surface area (Å²) in [4.78, 5) is 2.77. The van der Waals surface area contributed by atoms with Gasteiger partial charge in [-0.05, 0) is 42.9 Å². The van der Waals surface area contributed by atoms with Crippen LogP contribution in [0.5, 0.6) is 0 Å². The van der Waals surface area contributed by atoms with Crippen LogP contribution in [0.3, 0.4) is 0 Å². The van der Waals surface area contributed by atoms with Gasteiger partial charge in [0.1, 0.15) is 0 Å². The summed E-state index contributed by atoms with van der Waals surface area (Å²) in [6.07, 6.45) is 3.79. The van der Waals surface area contributed by atoms with E-state index in [2.05, 4.69) is 41.4 Å². The third-order valence-corrected chi connectivity index (χ3v) is 7.43. The average molecular weight is 298 g/mol. The Hall–Kier alpha value is -1.06. The number of nitrogens with zero attached hydrogens (tertiary/aromatic N) is 1. The second-order valence-corrected chi connectivity index (χ2v) is 7.88. The highest BCUT2D eigenvalue weighted by atomic mass is 16.3. The second-order valence-electron chi connectivity index (χ2n) is 7.88. The summed E-state index contributed by atoms with van der Waals surface area (Å²) in [6, 6.07) is 10.0. The highest BCUT2D eigenvalue weighted by Crippen LogP contribution is 2.61. The fraction of sp³-hybridized carbons (Fsp3) is 0.684. The Morgan fingerprint density at radius 2 is 2.23 bits per heavy atom. The summed E-state index contributed by atoms with van der Waals surface area (Å²) in [5, 5.41) is 14.1. The van der Waals surface area contributed by atoms with E-state index in [1.165, 1.54) is 43.6 Å². The minimum absolute atomic E-state index is 0.249. The summed E-state index contributed by atoms with van der Waals surface area (Å²) in [5.41, 5.74) is 3.10. The molecule has 5 rings (SSSR count). The van der Waals surface area contributed by atoms with Crippen LogP contribution in [0, 0.1) is 17.8 Å². The Balaban J connectivity index is 1.68. The van der Waals surface area contributed by atoms with Crippen LogP contribution in [0.4, 0.5) is 5.69 Å². The summed E-state index contributed by atoms with van der Waals surface area (Å²) >= 11 is 0. The molecule has 6 atom stereocenters. The van der Waals surface area contributed by atoms with Gasteiger partial charge < -0.3 is 10.4 Å². The Labute approximate surface area is 132 Å². The highest BCUT2D eigenvalue weighted by Gasteiger charge is 2.65. The molecule has 1 spiro atoms. The van der Waals surface area contributed by atoms with Crippen molar-refractivity contribution in [2.75, 3.05) is 25.0 Å². The number of nitrogens with one attached hydrogen (secondary N) is 1. The molecular weight excluding hydrogens is 272 g/mol. The lowest BCUT2D eigenvalue weighted by Crippen LogP contribution is -2.64. The van der Waals surface area contributed by atoms with E-state index in [1.807, 2.05) is 0 Å². The quantitative estimate of drug-likeness (QED) is 0.880. The molecule has 1 aromatic carbocycles. The zero-order valence-electron chi connectivity index (χ0n) is 13.3. The van der Waals surface area contributed by atoms with E-state index >= 15 is 0 Å². The number of aliphatic hydroxyl groups excluding tert-OH is 1. The molecule has 4 aliphatic rings. The van der Waals surface area contributed by atoms with Crippen molar-refractivity contribution in [3.63, 3.8) is 0 Å². The van der Waals surface area contributed by atoms with Crippen LogP contribution in [0.15, 0.2) is 24.3 Å². The number of para-hydroxylation sites is 1. The summed E-state index contributed by atoms with van der Waals surface area (Å²) < 4.78 is 0. The van der Waals surface area contributed by atoms with Gasteiger partial charge in [-0.1, -0.05) is 31.5 Å². The zero-order chi connectivity index (χ0) is 14.9. The van der Waals surface area contributed by atoms with E-state index in [-0.39, 0.29) is 5.41 Å². The maximum absolute atomic E-state index is 10.2. The molecule has 3 heterocycles. The fourth-order valence-corrected chi connectivity index (χ4v) is 6.53. The number of rotatable bonds is 2. The van der Waals surface area contributed by atoms with E-state index in [9.17, 15) is 5.11 Å². The number of hydrogen-bond donors (Lipinski definition) is 2. The van der Waals surface area contributed by atoms with Gasteiger partial charge in [0.2, 0.25) is 0 Å². The SMILES string of the molecule is CC[C@@H]1CN2CC[C@]34c5ccccc5N[C@H]3[C@@H](CO)[C@H]1C[C@H]24. The monoisotopic (exact) mass is 298 g/mol. The first-order valence-corrected chi connectivity index (χ1v) is 9.00. The van der Waals surface area contributed by atoms with Gasteiger partial charge in [0.25, 0.3) is 0 Å². The van der Waals surface area contributed by atoms with Crippen molar-refractivity contribution >= 4 is 5.69 Å². The number of hydrogen-bond acceptors (Lipinski definition) is 3. The number of aliphatic hydroxyl groups is 1. The van der Waals surface area contributed by atoms with Gasteiger partial charge in [0.15, 0.2) is 0 Å². The van der Waals surface area contributed by atoms with E-state index in [0.29, 0.717) is 30.5 Å². The van der Waals surface area contributed by atoms with Crippen LogP contribution in [0.25, 0.3) is 0 Å². The van der Waals surface area contributed by atoms with Crippen LogP contribution < -0.4 is 5.32 Å². The Bertz CT molecular complexity index is 603. The van der Waals surface area contributed by atoms with Crippen molar-refractivity contribution in [2.45, 2.75) is 43.7 Å². The van der Waals surface area contributed by atoms with E-state index in [1.54, 1.807) is 0 Å². The molecule has 3 fully saturated rings. The molecule has 1 aliphatic carbocycles. The van der Waals surface area contributed by atoms with E-state index in [0.717, 1.165) is 5.92 Å². The molecular formula is C19H26N2O. The van der Waals surface area contributed by atoms with Gasteiger partial charge in [-0.25, -0.2) is 0 Å². The minimum Gasteiger partial charge on any atom is -0.396 e. The molecule has 1 saturated carbocycles. The van der Waals surface area contributed by atoms with Crippen molar-refractivity contribution in [3.05, 3.63) is 29.8 Å². The van der Waals surface area contributed by atoms with Gasteiger partial charge in [0, 0.05) is 42.3 Å². The lowest BCUT2D eigenvalue weighted by Gasteiger charge is -2.56. The first kappa shape index (κ1) is 13.4. The lowest BCUT2D eigenvalue weighted by molar-refractivity contribution is -0.0363. The third kappa shape index (κ3) is 1.40. The molecule has 3 nitrogen and oxygen atoms in total. The number of benzene rings is 1. The van der Waals surface area contributed by atoms with E-state index < -0.39 is 0 Å². The van der Waals surface area contributed by atoms with Gasteiger partial charge in [-0.3, -0.25) is 4.90 Å². The molecule has 0 amide bonds. The summed E-state index contributed by atoms with van der Waals surface area (Å²) in [6.45, 7) is 5.15. The maximum Gasteiger partial charge on any atom is 0.0481 e. The molecule has 0 aromatic heterocycles. The molecule has 3 aliphatic heterocycles. The number of anilines is 1. The van der Waals surface area contributed by atoms with Crippen LogP contribution >= 0.6 is 0 Å². The normalized spacial score (nSPS) is 45.3. The lowest BCUT2D eigenvalue weighted by atomic mass is 9.54. The van der Waals surface area contributed by atoms with Crippen molar-refractivity contribution < 1.29 is 5.11 Å². The Morgan fingerprint density at radius 1 is 1.36 bits per heavy atom. The van der Waals surface area contributed by atoms with Gasteiger partial charge >= 0.3 is 0 Å². The molecule has 2 N–H and O–H groups in total. The molecule has 2 bridgehead atoms. The van der Waals surface area contributed by atoms with Gasteiger partial charge in [-0.15, -0.1) is 0 Å². The Kier molecular flexibility index (Phi) is 2.73. The van der Waals surface area contributed by atoms with Gasteiger partial charge in [0.05, 0.1) is 0 Å². The van der Waals surface area contributed by atoms with E-state index in [4.69, 9.17) is 0 Å². The summed E-state index contributed by atoms with van der Waals surface area (Å²) in [7, 11) is 0. The predicted molar refractivity (Wildman–Crippen MR) is 88.0 cm³/mol. The average Bonchev–Trinajstić information content (AvgIpc) is 3.11. The Morgan fingerprint density at radius 3 is 3.05 bits per heavy atom. The number of piperidine rings is 1. The zero-order valence-corrected chi connectivity index (χ0v) is 13.3. The molecule has 22 heavy (non-hydrogen) atoms. The van der Waals surface area contributed by atoms with Crippen LogP contribution in [0.2, 0.25) is 0 Å². The standard InChI is InChI=1S/C19H26N2O/c1-2-12-10-21-8-7-19-15-5-3-4-6-16(15)20-18(19)14(11-22)13(12)9-17(19)21/h3-6,12-14,17-18,20,22H,2,7-11H2,1H3/t12-,13+,14+,17+,18+,19-/m1/s1. The highest BCUT2D eigenvalue weighted by molar-refractivity contribution is 5.64. The van der Waals surface area contributed by atoms with Crippen molar-refractivity contribution in [1.82, 2.24) is 4.90 Å². The second kappa shape index (κ2) is 4.48. The largest absolute Gasteiger partial charge is 0.396 e. The van der Waals surface area contributed by atoms with Crippen molar-refractivity contribution in [3.8, 4) is 0 Å². The molecule has 2 saturated heterocycles. The maximum atomic E-state index is 10.2. The van der Waals surface area contributed by atoms with Crippen LogP contribution in [-0.2, 0) is 5.41 Å². The molecule has 0 radical (unpaired) electrons. The van der Waals surface area contributed by atoms with Crippen molar-refractivity contribution in [1.29, 1.82) is 0 Å². The van der Waals surface area contributed by atoms with Crippen LogP contribution in [-0.4, -0.2) is 41.8 Å². The fourth-order valence-electron chi connectivity index (χ4n) is 6.53. The molecule has 0 unspecified atom stereocenters. The molecule has 3 heteroatoms. The molecule has 1 aromatic rings. The summed E-state index contributed by atoms with van der Waals surface area (Å²) in [5.74, 6) is 1.86. The van der Waals surface area contributed by atoms with Gasteiger partial charge in [-0.2, -0.15) is 0 Å². The topological polar surface area (TPSA) is 35.5 Å². The predicted octanol–water partition coefficient (Wildman–Crippen LogP) is 2.46. The first-order valence-electron chi connectivity index (χ1n) is 9.00. The third-order valence-electron chi connectivity index (χ3n) is 7.43. The minimum atomic E-state index is 0.249. The van der Waals surface area contributed by atoms with Crippen LogP contribution in [0.1, 0.15) is 31.7 Å². The smallest absolute Gasteiger partial charge is 0.0481 e.